The van der Waals surface area contributed by atoms with Gasteiger partial charge in [-0.1, -0.05) is 0 Å². The number of sulfone groups is 1. The highest BCUT2D eigenvalue weighted by Crippen LogP contribution is 2.11. The predicted molar refractivity (Wildman–Crippen MR) is 74.1 cm³/mol. The Morgan fingerprint density at radius 3 is 2.47 bits per heavy atom. The molecule has 0 aliphatic heterocycles. The lowest BCUT2D eigenvalue weighted by Gasteiger charge is -2.05. The van der Waals surface area contributed by atoms with Gasteiger partial charge in [-0.2, -0.15) is 5.26 Å². The minimum absolute atomic E-state index is 0.0401. The molecule has 4 nitrogen and oxygen atoms in total. The molecule has 0 heterocycles. The first-order valence-corrected chi connectivity index (χ1v) is 7.58. The second-order valence-electron chi connectivity index (χ2n) is 3.88. The zero-order valence-corrected chi connectivity index (χ0v) is 11.6. The number of nitrogens with one attached hydrogen (secondary N) is 1. The maximum Gasteiger partial charge on any atom is 0.179 e. The van der Waals surface area contributed by atoms with E-state index in [2.05, 4.69) is 17.2 Å². The molecule has 100 valence electrons. The van der Waals surface area contributed by atoms with Gasteiger partial charge in [0.05, 0.1) is 22.3 Å². The van der Waals surface area contributed by atoms with E-state index in [4.69, 9.17) is 5.26 Å². The minimum atomic E-state index is -3.29. The molecular formula is C14H16N2O2S. The third-order valence-corrected chi connectivity index (χ3v) is 4.23. The van der Waals surface area contributed by atoms with Crippen LogP contribution in [0.3, 0.4) is 0 Å². The van der Waals surface area contributed by atoms with Crippen molar-refractivity contribution in [2.24, 2.45) is 0 Å². The van der Waals surface area contributed by atoms with Crippen LogP contribution in [0.4, 0.5) is 0 Å². The molecule has 0 saturated carbocycles. The van der Waals surface area contributed by atoms with Gasteiger partial charge in [-0.3, -0.25) is 0 Å². The van der Waals surface area contributed by atoms with E-state index in [-0.39, 0.29) is 10.6 Å². The fourth-order valence-electron chi connectivity index (χ4n) is 1.46. The average molecular weight is 276 g/mol. The Labute approximate surface area is 114 Å². The van der Waals surface area contributed by atoms with Gasteiger partial charge in [0.15, 0.2) is 9.84 Å². The summed E-state index contributed by atoms with van der Waals surface area (Å²) in [6, 6.07) is 7.92. The Kier molecular flexibility index (Phi) is 6.08. The molecule has 0 radical (unpaired) electrons. The van der Waals surface area contributed by atoms with Crippen LogP contribution in [-0.4, -0.2) is 27.3 Å². The van der Waals surface area contributed by atoms with E-state index in [1.165, 1.54) is 24.3 Å². The van der Waals surface area contributed by atoms with E-state index >= 15 is 0 Å². The summed E-state index contributed by atoms with van der Waals surface area (Å²) in [5.41, 5.74) is 0.454. The molecule has 0 unspecified atom stereocenters. The summed E-state index contributed by atoms with van der Waals surface area (Å²) in [5, 5.41) is 11.7. The maximum atomic E-state index is 12.0. The summed E-state index contributed by atoms with van der Waals surface area (Å²) in [4.78, 5) is 0.252. The quantitative estimate of drug-likeness (QED) is 0.628. The summed E-state index contributed by atoms with van der Waals surface area (Å²) >= 11 is 0. The maximum absolute atomic E-state index is 12.0. The molecule has 0 aliphatic carbocycles. The first kappa shape index (κ1) is 15.2. The van der Waals surface area contributed by atoms with Crippen LogP contribution in [0.5, 0.6) is 0 Å². The Hall–Kier alpha value is -1.82. The van der Waals surface area contributed by atoms with Crippen LogP contribution >= 0.6 is 0 Å². The molecule has 0 saturated heterocycles. The van der Waals surface area contributed by atoms with Crippen molar-refractivity contribution in [2.75, 3.05) is 18.8 Å². The lowest BCUT2D eigenvalue weighted by molar-refractivity contribution is 0.591. The number of nitriles is 1. The van der Waals surface area contributed by atoms with E-state index in [0.717, 1.165) is 0 Å². The molecule has 0 bridgehead atoms. The minimum Gasteiger partial charge on any atom is -0.315 e. The molecule has 0 amide bonds. The van der Waals surface area contributed by atoms with Crippen LogP contribution in [0.2, 0.25) is 0 Å². The Morgan fingerprint density at radius 1 is 1.21 bits per heavy atom. The van der Waals surface area contributed by atoms with Gasteiger partial charge in [-0.05, 0) is 31.2 Å². The Morgan fingerprint density at radius 2 is 1.89 bits per heavy atom. The van der Waals surface area contributed by atoms with Gasteiger partial charge in [0.25, 0.3) is 0 Å². The van der Waals surface area contributed by atoms with Crippen molar-refractivity contribution in [3.63, 3.8) is 0 Å². The van der Waals surface area contributed by atoms with Crippen LogP contribution in [0.15, 0.2) is 29.2 Å². The molecule has 5 heteroatoms. The highest BCUT2D eigenvalue weighted by Gasteiger charge is 2.13. The molecule has 0 spiro atoms. The summed E-state index contributed by atoms with van der Waals surface area (Å²) in [6.45, 7) is 2.85. The zero-order valence-electron chi connectivity index (χ0n) is 10.8. The van der Waals surface area contributed by atoms with E-state index < -0.39 is 9.84 Å². The lowest BCUT2D eigenvalue weighted by atomic mass is 10.2. The van der Waals surface area contributed by atoms with Gasteiger partial charge < -0.3 is 5.32 Å². The Bertz CT molecular complexity index is 602. The second kappa shape index (κ2) is 7.58. The number of nitrogens with zero attached hydrogens (tertiary/aromatic N) is 1. The van der Waals surface area contributed by atoms with Crippen molar-refractivity contribution in [2.45, 2.75) is 18.2 Å². The average Bonchev–Trinajstić information content (AvgIpc) is 2.43. The highest BCUT2D eigenvalue weighted by molar-refractivity contribution is 7.91. The fourth-order valence-corrected chi connectivity index (χ4v) is 2.66. The molecule has 1 aromatic rings. The van der Waals surface area contributed by atoms with E-state index in [0.29, 0.717) is 25.1 Å². The molecule has 1 aromatic carbocycles. The van der Waals surface area contributed by atoms with Crippen molar-refractivity contribution >= 4 is 9.84 Å². The smallest absolute Gasteiger partial charge is 0.179 e. The number of hydrogen-bond acceptors (Lipinski definition) is 4. The van der Waals surface area contributed by atoms with Crippen LogP contribution in [0, 0.1) is 23.2 Å². The summed E-state index contributed by atoms with van der Waals surface area (Å²) in [5.74, 6) is 5.71. The lowest BCUT2D eigenvalue weighted by Crippen LogP contribution is -2.23. The first-order chi connectivity index (χ1) is 9.10. The second-order valence-corrected chi connectivity index (χ2v) is 5.99. The first-order valence-electron chi connectivity index (χ1n) is 5.93. The standard InChI is InChI=1S/C14H16N2O2S/c1-2-3-4-9-16-10-11-19(17,18)14-7-5-13(12-15)6-8-14/h5-8,16H,4,9-11H2,1H3. The van der Waals surface area contributed by atoms with E-state index in [1.807, 2.05) is 6.07 Å². The van der Waals surface area contributed by atoms with Crippen molar-refractivity contribution < 1.29 is 8.42 Å². The van der Waals surface area contributed by atoms with Gasteiger partial charge in [0.1, 0.15) is 0 Å². The molecule has 0 atom stereocenters. The third-order valence-electron chi connectivity index (χ3n) is 2.49. The molecule has 1 N–H and O–H groups in total. The highest BCUT2D eigenvalue weighted by atomic mass is 32.2. The van der Waals surface area contributed by atoms with Crippen molar-refractivity contribution in [1.82, 2.24) is 5.32 Å². The Balaban J connectivity index is 2.50. The fraction of sp³-hybridized carbons (Fsp3) is 0.357. The molecule has 19 heavy (non-hydrogen) atoms. The van der Waals surface area contributed by atoms with Crippen LogP contribution in [0.25, 0.3) is 0 Å². The van der Waals surface area contributed by atoms with Crippen LogP contribution in [-0.2, 0) is 9.84 Å². The van der Waals surface area contributed by atoms with Gasteiger partial charge in [-0.15, -0.1) is 11.8 Å². The van der Waals surface area contributed by atoms with Gasteiger partial charge in [-0.25, -0.2) is 8.42 Å². The van der Waals surface area contributed by atoms with E-state index in [1.54, 1.807) is 6.92 Å². The SMILES string of the molecule is CC#CCCNCCS(=O)(=O)c1ccc(C#N)cc1. The largest absolute Gasteiger partial charge is 0.315 e. The zero-order chi connectivity index (χ0) is 14.1. The number of benzene rings is 1. The summed E-state index contributed by atoms with van der Waals surface area (Å²) in [6.07, 6.45) is 0.716. The predicted octanol–water partition coefficient (Wildman–Crippen LogP) is 1.33. The van der Waals surface area contributed by atoms with Gasteiger partial charge >= 0.3 is 0 Å². The third kappa shape index (κ3) is 5.13. The summed E-state index contributed by atoms with van der Waals surface area (Å²) < 4.78 is 23.9. The number of rotatable bonds is 6. The van der Waals surface area contributed by atoms with Gasteiger partial charge in [0, 0.05) is 19.5 Å². The molecule has 0 aromatic heterocycles. The van der Waals surface area contributed by atoms with Crippen molar-refractivity contribution in [3.8, 4) is 17.9 Å². The molecular weight excluding hydrogens is 260 g/mol. The van der Waals surface area contributed by atoms with Crippen molar-refractivity contribution in [3.05, 3.63) is 29.8 Å². The normalized spacial score (nSPS) is 10.3. The molecule has 0 fully saturated rings. The van der Waals surface area contributed by atoms with Crippen LogP contribution < -0.4 is 5.32 Å². The van der Waals surface area contributed by atoms with E-state index in [9.17, 15) is 8.42 Å². The van der Waals surface area contributed by atoms with Crippen molar-refractivity contribution in [1.29, 1.82) is 5.26 Å². The van der Waals surface area contributed by atoms with Gasteiger partial charge in [0.2, 0.25) is 0 Å². The summed E-state index contributed by atoms with van der Waals surface area (Å²) in [7, 11) is -3.29. The molecule has 1 rings (SSSR count). The molecule has 0 aliphatic rings. The number of hydrogen-bond donors (Lipinski definition) is 1. The topological polar surface area (TPSA) is 70.0 Å². The van der Waals surface area contributed by atoms with Crippen LogP contribution in [0.1, 0.15) is 18.9 Å². The monoisotopic (exact) mass is 276 g/mol.